The molecule has 1 aliphatic rings. The minimum Gasteiger partial charge on any atom is -0.482 e. The second kappa shape index (κ2) is 5.72. The highest BCUT2D eigenvalue weighted by atomic mass is 16.6. The van der Waals surface area contributed by atoms with Crippen molar-refractivity contribution in [3.63, 3.8) is 0 Å². The van der Waals surface area contributed by atoms with Crippen molar-refractivity contribution in [2.24, 2.45) is 0 Å². The van der Waals surface area contributed by atoms with E-state index in [9.17, 15) is 0 Å². The van der Waals surface area contributed by atoms with Crippen molar-refractivity contribution in [3.05, 3.63) is 65.9 Å². The summed E-state index contributed by atoms with van der Waals surface area (Å²) >= 11 is 0. The van der Waals surface area contributed by atoms with Gasteiger partial charge < -0.3 is 18.6 Å². The first-order chi connectivity index (χ1) is 11.3. The molecule has 4 nitrogen and oxygen atoms in total. The molecule has 0 N–H and O–H groups in total. The molecule has 0 aliphatic carbocycles. The highest BCUT2D eigenvalue weighted by Gasteiger charge is 2.40. The van der Waals surface area contributed by atoms with Gasteiger partial charge in [0.25, 0.3) is 0 Å². The van der Waals surface area contributed by atoms with Gasteiger partial charge in [-0.1, -0.05) is 30.3 Å². The van der Waals surface area contributed by atoms with E-state index in [0.717, 1.165) is 27.8 Å². The van der Waals surface area contributed by atoms with Crippen molar-refractivity contribution in [3.8, 4) is 5.75 Å². The van der Waals surface area contributed by atoms with Gasteiger partial charge in [-0.15, -0.1) is 0 Å². The molecule has 2 aromatic carbocycles. The third-order valence-corrected chi connectivity index (χ3v) is 4.42. The Morgan fingerprint density at radius 1 is 0.913 bits per heavy atom. The molecule has 4 heteroatoms. The van der Waals surface area contributed by atoms with E-state index in [-0.39, 0.29) is 18.3 Å². The maximum atomic E-state index is 6.36. The SMILES string of the molecule is CO[C@@H]1[C@H](OC)c2ccc3occc3c2O[C@H]1c1ccccc1. The van der Waals surface area contributed by atoms with Gasteiger partial charge in [0, 0.05) is 19.8 Å². The zero-order valence-electron chi connectivity index (χ0n) is 13.1. The largest absolute Gasteiger partial charge is 0.482 e. The van der Waals surface area contributed by atoms with Crippen LogP contribution in [-0.2, 0) is 9.47 Å². The van der Waals surface area contributed by atoms with Crippen molar-refractivity contribution < 1.29 is 18.6 Å². The standard InChI is InChI=1S/C19H18O4/c1-20-18-14-8-9-15-13(10-11-22-15)17(14)23-16(19(18)21-2)12-6-4-3-5-7-12/h3-11,16,18-19H,1-2H3/t16-,18+,19-/m0/s1. The van der Waals surface area contributed by atoms with Crippen molar-refractivity contribution in [1.29, 1.82) is 0 Å². The Labute approximate surface area is 134 Å². The molecule has 3 aromatic rings. The van der Waals surface area contributed by atoms with E-state index in [2.05, 4.69) is 0 Å². The summed E-state index contributed by atoms with van der Waals surface area (Å²) in [7, 11) is 3.39. The minimum atomic E-state index is -0.237. The van der Waals surface area contributed by atoms with E-state index < -0.39 is 0 Å². The first-order valence-electron chi connectivity index (χ1n) is 7.60. The van der Waals surface area contributed by atoms with Gasteiger partial charge in [0.1, 0.15) is 23.5 Å². The third-order valence-electron chi connectivity index (χ3n) is 4.42. The van der Waals surface area contributed by atoms with Crippen molar-refractivity contribution in [2.45, 2.75) is 18.3 Å². The molecule has 0 bridgehead atoms. The Morgan fingerprint density at radius 2 is 1.74 bits per heavy atom. The van der Waals surface area contributed by atoms with Crippen LogP contribution in [0.15, 0.2) is 59.2 Å². The number of fused-ring (bicyclic) bond motifs is 3. The summed E-state index contributed by atoms with van der Waals surface area (Å²) in [6.45, 7) is 0. The van der Waals surface area contributed by atoms with Crippen LogP contribution in [0.4, 0.5) is 0 Å². The van der Waals surface area contributed by atoms with Crippen LogP contribution in [0.1, 0.15) is 23.3 Å². The van der Waals surface area contributed by atoms with Crippen LogP contribution >= 0.6 is 0 Å². The summed E-state index contributed by atoms with van der Waals surface area (Å²) in [5.74, 6) is 0.810. The lowest BCUT2D eigenvalue weighted by molar-refractivity contribution is -0.105. The molecule has 23 heavy (non-hydrogen) atoms. The normalized spacial score (nSPS) is 23.5. The van der Waals surface area contributed by atoms with Gasteiger partial charge >= 0.3 is 0 Å². The van der Waals surface area contributed by atoms with Crippen LogP contribution in [0.3, 0.4) is 0 Å². The fourth-order valence-electron chi connectivity index (χ4n) is 3.33. The first-order valence-corrected chi connectivity index (χ1v) is 7.60. The van der Waals surface area contributed by atoms with Gasteiger partial charge in [-0.3, -0.25) is 0 Å². The Balaban J connectivity index is 1.89. The molecule has 3 atom stereocenters. The molecule has 1 aliphatic heterocycles. The maximum Gasteiger partial charge on any atom is 0.153 e. The number of methoxy groups -OCH3 is 2. The van der Waals surface area contributed by atoms with Crippen molar-refractivity contribution in [1.82, 2.24) is 0 Å². The zero-order valence-corrected chi connectivity index (χ0v) is 13.1. The highest BCUT2D eigenvalue weighted by Crippen LogP contribution is 2.47. The summed E-state index contributed by atoms with van der Waals surface area (Å²) in [6.07, 6.45) is 1.02. The fourth-order valence-corrected chi connectivity index (χ4v) is 3.33. The molecule has 0 unspecified atom stereocenters. The topological polar surface area (TPSA) is 40.8 Å². The molecule has 0 saturated heterocycles. The van der Waals surface area contributed by atoms with E-state index in [1.54, 1.807) is 20.5 Å². The van der Waals surface area contributed by atoms with E-state index in [1.165, 1.54) is 0 Å². The van der Waals surface area contributed by atoms with E-state index in [1.807, 2.05) is 48.5 Å². The molecule has 0 fully saturated rings. The predicted octanol–water partition coefficient (Wildman–Crippen LogP) is 4.27. The van der Waals surface area contributed by atoms with Crippen LogP contribution in [0, 0.1) is 0 Å². The zero-order chi connectivity index (χ0) is 15.8. The molecule has 0 spiro atoms. The van der Waals surface area contributed by atoms with Gasteiger partial charge in [0.2, 0.25) is 0 Å². The fraction of sp³-hybridized carbons (Fsp3) is 0.263. The number of benzene rings is 2. The lowest BCUT2D eigenvalue weighted by atomic mass is 9.91. The van der Waals surface area contributed by atoms with E-state index in [0.29, 0.717) is 0 Å². The number of hydrogen-bond donors (Lipinski definition) is 0. The molecule has 2 heterocycles. The van der Waals surface area contributed by atoms with E-state index >= 15 is 0 Å². The summed E-state index contributed by atoms with van der Waals surface area (Å²) in [6, 6.07) is 15.9. The average molecular weight is 310 g/mol. The van der Waals surface area contributed by atoms with Crippen LogP contribution in [0.5, 0.6) is 5.75 Å². The van der Waals surface area contributed by atoms with E-state index in [4.69, 9.17) is 18.6 Å². The predicted molar refractivity (Wildman–Crippen MR) is 86.6 cm³/mol. The van der Waals surface area contributed by atoms with Gasteiger partial charge in [-0.25, -0.2) is 0 Å². The minimum absolute atomic E-state index is 0.201. The Bertz CT molecular complexity index is 809. The number of rotatable bonds is 3. The van der Waals surface area contributed by atoms with Gasteiger partial charge in [0.15, 0.2) is 6.10 Å². The lowest BCUT2D eigenvalue weighted by Crippen LogP contribution is -2.36. The molecule has 1 aromatic heterocycles. The molecular weight excluding hydrogens is 292 g/mol. The molecule has 0 amide bonds. The van der Waals surface area contributed by atoms with Crippen molar-refractivity contribution in [2.75, 3.05) is 14.2 Å². The Morgan fingerprint density at radius 3 is 2.48 bits per heavy atom. The molecule has 0 radical (unpaired) electrons. The quantitative estimate of drug-likeness (QED) is 0.724. The van der Waals surface area contributed by atoms with Crippen LogP contribution in [0.25, 0.3) is 11.0 Å². The smallest absolute Gasteiger partial charge is 0.153 e. The van der Waals surface area contributed by atoms with Crippen LogP contribution < -0.4 is 4.74 Å². The summed E-state index contributed by atoms with van der Waals surface area (Å²) in [4.78, 5) is 0. The molecule has 0 saturated carbocycles. The molecule has 4 rings (SSSR count). The number of ether oxygens (including phenoxy) is 3. The number of hydrogen-bond acceptors (Lipinski definition) is 4. The average Bonchev–Trinajstić information content (AvgIpc) is 3.09. The molecular formula is C19H18O4. The van der Waals surface area contributed by atoms with Gasteiger partial charge in [-0.2, -0.15) is 0 Å². The number of furan rings is 1. The first kappa shape index (κ1) is 14.3. The third kappa shape index (κ3) is 2.22. The summed E-state index contributed by atoms with van der Waals surface area (Å²) < 4.78 is 23.4. The van der Waals surface area contributed by atoms with Crippen LogP contribution in [0.2, 0.25) is 0 Å². The second-order valence-electron chi connectivity index (χ2n) is 5.62. The van der Waals surface area contributed by atoms with Crippen LogP contribution in [-0.4, -0.2) is 20.3 Å². The highest BCUT2D eigenvalue weighted by molar-refractivity contribution is 5.86. The van der Waals surface area contributed by atoms with Crippen molar-refractivity contribution >= 4 is 11.0 Å². The summed E-state index contributed by atoms with van der Waals surface area (Å²) in [5, 5.41) is 0.958. The van der Waals surface area contributed by atoms with Gasteiger partial charge in [-0.05, 0) is 23.8 Å². The molecule has 118 valence electrons. The summed E-state index contributed by atoms with van der Waals surface area (Å²) in [5.41, 5.74) is 2.86. The Kier molecular flexibility index (Phi) is 3.56. The second-order valence-corrected chi connectivity index (χ2v) is 5.62. The maximum absolute atomic E-state index is 6.36. The van der Waals surface area contributed by atoms with Gasteiger partial charge in [0.05, 0.1) is 11.6 Å². The Hall–Kier alpha value is -2.30. The lowest BCUT2D eigenvalue weighted by Gasteiger charge is -2.38. The monoisotopic (exact) mass is 310 g/mol.